The highest BCUT2D eigenvalue weighted by molar-refractivity contribution is 7.86. The highest BCUT2D eigenvalue weighted by Gasteiger charge is 2.25. The van der Waals surface area contributed by atoms with Crippen LogP contribution in [0.1, 0.15) is 13.8 Å². The molecule has 0 aliphatic carbocycles. The van der Waals surface area contributed by atoms with Crippen molar-refractivity contribution < 1.29 is 13.4 Å². The fourth-order valence-corrected chi connectivity index (χ4v) is 2.51. The molecule has 6 nitrogen and oxygen atoms in total. The summed E-state index contributed by atoms with van der Waals surface area (Å²) in [6.45, 7) is 3.87. The van der Waals surface area contributed by atoms with Gasteiger partial charge in [0.15, 0.2) is 5.58 Å². The zero-order valence-corrected chi connectivity index (χ0v) is 11.5. The standard InChI is InChI=1S/C12H15N3O3S/c1-3-14-11(16)7(2)19(17)12-15-9-5-4-8(13)6-10(9)18-12/h4-7H,3,13H2,1-2H3,(H,14,16). The van der Waals surface area contributed by atoms with Crippen molar-refractivity contribution in [2.75, 3.05) is 12.3 Å². The number of hydrogen-bond acceptors (Lipinski definition) is 5. The number of nitrogen functional groups attached to an aromatic ring is 1. The molecule has 0 spiro atoms. The molecule has 0 saturated carbocycles. The minimum Gasteiger partial charge on any atom is -0.430 e. The van der Waals surface area contributed by atoms with Gasteiger partial charge in [0.2, 0.25) is 5.91 Å². The van der Waals surface area contributed by atoms with Gasteiger partial charge in [0.1, 0.15) is 21.6 Å². The van der Waals surface area contributed by atoms with Crippen molar-refractivity contribution >= 4 is 33.5 Å². The highest BCUT2D eigenvalue weighted by atomic mass is 32.2. The number of nitrogens with one attached hydrogen (secondary N) is 1. The van der Waals surface area contributed by atoms with E-state index in [2.05, 4.69) is 10.3 Å². The Bertz CT molecular complexity index is 638. The van der Waals surface area contributed by atoms with Crippen molar-refractivity contribution in [1.82, 2.24) is 10.3 Å². The summed E-state index contributed by atoms with van der Waals surface area (Å²) in [5.41, 5.74) is 7.20. The Morgan fingerprint density at radius 2 is 2.32 bits per heavy atom. The Kier molecular flexibility index (Phi) is 3.84. The zero-order chi connectivity index (χ0) is 14.0. The lowest BCUT2D eigenvalue weighted by Crippen LogP contribution is -2.35. The minimum atomic E-state index is -1.63. The molecule has 3 N–H and O–H groups in total. The molecule has 0 bridgehead atoms. The number of carbonyl (C=O) groups excluding carboxylic acids is 1. The number of oxazole rings is 1. The van der Waals surface area contributed by atoms with E-state index in [9.17, 15) is 9.00 Å². The van der Waals surface area contributed by atoms with Crippen LogP contribution in [0.15, 0.2) is 27.8 Å². The quantitative estimate of drug-likeness (QED) is 0.816. The molecule has 2 rings (SSSR count). The number of hydrogen-bond donors (Lipinski definition) is 2. The molecule has 7 heteroatoms. The molecular formula is C12H15N3O3S. The topological polar surface area (TPSA) is 98.2 Å². The summed E-state index contributed by atoms with van der Waals surface area (Å²) in [5.74, 6) is -0.289. The Morgan fingerprint density at radius 1 is 1.58 bits per heavy atom. The normalized spacial score (nSPS) is 14.2. The molecule has 2 aromatic rings. The minimum absolute atomic E-state index is 0.0411. The van der Waals surface area contributed by atoms with Crippen molar-refractivity contribution in [2.24, 2.45) is 0 Å². The van der Waals surface area contributed by atoms with Gasteiger partial charge in [-0.1, -0.05) is 0 Å². The smallest absolute Gasteiger partial charge is 0.288 e. The van der Waals surface area contributed by atoms with Crippen LogP contribution in [-0.2, 0) is 15.6 Å². The van der Waals surface area contributed by atoms with Crippen LogP contribution in [0, 0.1) is 0 Å². The first-order valence-corrected chi connectivity index (χ1v) is 7.08. The van der Waals surface area contributed by atoms with E-state index >= 15 is 0 Å². The van der Waals surface area contributed by atoms with Crippen LogP contribution in [-0.4, -0.2) is 26.9 Å². The van der Waals surface area contributed by atoms with E-state index in [0.717, 1.165) is 0 Å². The van der Waals surface area contributed by atoms with Gasteiger partial charge in [-0.15, -0.1) is 0 Å². The lowest BCUT2D eigenvalue weighted by molar-refractivity contribution is -0.120. The lowest BCUT2D eigenvalue weighted by atomic mass is 10.3. The maximum Gasteiger partial charge on any atom is 0.288 e. The first kappa shape index (κ1) is 13.5. The SMILES string of the molecule is CCNC(=O)C(C)S(=O)c1nc2ccc(N)cc2o1. The van der Waals surface area contributed by atoms with Crippen molar-refractivity contribution in [3.05, 3.63) is 18.2 Å². The van der Waals surface area contributed by atoms with Gasteiger partial charge < -0.3 is 15.5 Å². The van der Waals surface area contributed by atoms with E-state index < -0.39 is 16.0 Å². The summed E-state index contributed by atoms with van der Waals surface area (Å²) >= 11 is 0. The van der Waals surface area contributed by atoms with Gasteiger partial charge >= 0.3 is 0 Å². The number of benzene rings is 1. The Balaban J connectivity index is 2.28. The number of carbonyl (C=O) groups is 1. The van der Waals surface area contributed by atoms with Gasteiger partial charge in [0.05, 0.1) is 0 Å². The average Bonchev–Trinajstić information content (AvgIpc) is 2.80. The molecule has 1 amide bonds. The average molecular weight is 281 g/mol. The molecule has 102 valence electrons. The summed E-state index contributed by atoms with van der Waals surface area (Å²) in [6.07, 6.45) is 0. The second-order valence-corrected chi connectivity index (χ2v) is 5.69. The molecule has 0 aliphatic heterocycles. The molecule has 1 heterocycles. The van der Waals surface area contributed by atoms with Gasteiger partial charge in [-0.2, -0.15) is 0 Å². The summed E-state index contributed by atoms with van der Waals surface area (Å²) in [5, 5.41) is 1.94. The number of amides is 1. The second kappa shape index (κ2) is 5.40. The lowest BCUT2D eigenvalue weighted by Gasteiger charge is -2.07. The molecule has 1 aromatic carbocycles. The first-order valence-electron chi connectivity index (χ1n) is 5.87. The first-order chi connectivity index (χ1) is 9.02. The molecule has 19 heavy (non-hydrogen) atoms. The van der Waals surface area contributed by atoms with E-state index in [1.807, 2.05) is 0 Å². The molecule has 0 saturated heterocycles. The second-order valence-electron chi connectivity index (χ2n) is 4.04. The third-order valence-corrected chi connectivity index (χ3v) is 3.98. The van der Waals surface area contributed by atoms with E-state index in [-0.39, 0.29) is 11.1 Å². The van der Waals surface area contributed by atoms with Crippen LogP contribution in [0.2, 0.25) is 0 Å². The predicted molar refractivity (Wildman–Crippen MR) is 73.0 cm³/mol. The summed E-state index contributed by atoms with van der Waals surface area (Å²) in [7, 11) is -1.63. The monoisotopic (exact) mass is 281 g/mol. The third-order valence-electron chi connectivity index (χ3n) is 2.61. The number of nitrogens with zero attached hydrogens (tertiary/aromatic N) is 1. The zero-order valence-electron chi connectivity index (χ0n) is 10.7. The van der Waals surface area contributed by atoms with Crippen molar-refractivity contribution in [3.63, 3.8) is 0 Å². The van der Waals surface area contributed by atoms with Crippen LogP contribution < -0.4 is 11.1 Å². The maximum atomic E-state index is 12.2. The largest absolute Gasteiger partial charge is 0.430 e. The molecular weight excluding hydrogens is 266 g/mol. The Labute approximate surface area is 112 Å². The Morgan fingerprint density at radius 3 is 3.00 bits per heavy atom. The van der Waals surface area contributed by atoms with Crippen molar-refractivity contribution in [2.45, 2.75) is 24.3 Å². The van der Waals surface area contributed by atoms with E-state index in [0.29, 0.717) is 23.3 Å². The molecule has 2 unspecified atom stereocenters. The van der Waals surface area contributed by atoms with Gasteiger partial charge in [-0.3, -0.25) is 4.79 Å². The summed E-state index contributed by atoms with van der Waals surface area (Å²) < 4.78 is 17.6. The van der Waals surface area contributed by atoms with Crippen LogP contribution in [0.4, 0.5) is 5.69 Å². The van der Waals surface area contributed by atoms with Crippen LogP contribution in [0.25, 0.3) is 11.1 Å². The van der Waals surface area contributed by atoms with Gasteiger partial charge in [-0.25, -0.2) is 9.19 Å². The molecule has 2 atom stereocenters. The van der Waals surface area contributed by atoms with E-state index in [1.165, 1.54) is 0 Å². The van der Waals surface area contributed by atoms with Crippen LogP contribution >= 0.6 is 0 Å². The molecule has 0 radical (unpaired) electrons. The van der Waals surface area contributed by atoms with Crippen molar-refractivity contribution in [3.8, 4) is 0 Å². The number of aromatic nitrogens is 1. The van der Waals surface area contributed by atoms with Gasteiger partial charge in [0.25, 0.3) is 5.22 Å². The fourth-order valence-electron chi connectivity index (χ4n) is 1.57. The molecule has 0 aliphatic rings. The highest BCUT2D eigenvalue weighted by Crippen LogP contribution is 2.21. The molecule has 1 aromatic heterocycles. The van der Waals surface area contributed by atoms with Crippen LogP contribution in [0.5, 0.6) is 0 Å². The van der Waals surface area contributed by atoms with Gasteiger partial charge in [-0.05, 0) is 26.0 Å². The predicted octanol–water partition coefficient (Wildman–Crippen LogP) is 1.04. The van der Waals surface area contributed by atoms with Crippen molar-refractivity contribution in [1.29, 1.82) is 0 Å². The number of rotatable bonds is 4. The summed E-state index contributed by atoms with van der Waals surface area (Å²) in [4.78, 5) is 15.7. The number of nitrogens with two attached hydrogens (primary N) is 1. The maximum absolute atomic E-state index is 12.2. The van der Waals surface area contributed by atoms with Gasteiger partial charge in [0, 0.05) is 18.3 Å². The molecule has 0 fully saturated rings. The van der Waals surface area contributed by atoms with E-state index in [4.69, 9.17) is 10.2 Å². The number of anilines is 1. The van der Waals surface area contributed by atoms with E-state index in [1.54, 1.807) is 32.0 Å². The third kappa shape index (κ3) is 2.76. The number of fused-ring (bicyclic) bond motifs is 1. The Hall–Kier alpha value is -1.89. The summed E-state index contributed by atoms with van der Waals surface area (Å²) in [6, 6.07) is 4.98. The van der Waals surface area contributed by atoms with Crippen LogP contribution in [0.3, 0.4) is 0 Å². The fraction of sp³-hybridized carbons (Fsp3) is 0.333.